The highest BCUT2D eigenvalue weighted by Crippen LogP contribution is 2.33. The van der Waals surface area contributed by atoms with E-state index in [1.165, 1.54) is 12.1 Å². The summed E-state index contributed by atoms with van der Waals surface area (Å²) in [6.45, 7) is 4.74. The summed E-state index contributed by atoms with van der Waals surface area (Å²) < 4.78 is 10.8. The molecule has 3 aromatic rings. The molecule has 2 aromatic carbocycles. The molecule has 11 nitrogen and oxygen atoms in total. The van der Waals surface area contributed by atoms with E-state index < -0.39 is 41.1 Å². The molecule has 0 aliphatic heterocycles. The summed E-state index contributed by atoms with van der Waals surface area (Å²) in [5, 5.41) is 34.9. The normalized spacial score (nSPS) is 11.7. The molecule has 1 heterocycles. The van der Waals surface area contributed by atoms with Gasteiger partial charge < -0.3 is 30.3 Å². The molecule has 37 heavy (non-hydrogen) atoms. The van der Waals surface area contributed by atoms with E-state index in [9.17, 15) is 29.9 Å². The zero-order chi connectivity index (χ0) is 27.2. The molecule has 3 rings (SSSR count). The molecule has 0 radical (unpaired) electrons. The molecule has 0 bridgehead atoms. The van der Waals surface area contributed by atoms with Gasteiger partial charge in [-0.25, -0.2) is 14.6 Å². The largest absolute Gasteiger partial charge is 0.505 e. The van der Waals surface area contributed by atoms with E-state index in [0.717, 1.165) is 0 Å². The third-order valence-electron chi connectivity index (χ3n) is 4.96. The van der Waals surface area contributed by atoms with Gasteiger partial charge in [0, 0.05) is 17.3 Å². The fraction of sp³-hybridized carbons (Fsp3) is 0.269. The maximum Gasteiger partial charge on any atom is 0.408 e. The Morgan fingerprint density at radius 1 is 1.08 bits per heavy atom. The lowest BCUT2D eigenvalue weighted by Gasteiger charge is -2.22. The molecular weight excluding hydrogens is 480 g/mol. The Hall–Kier alpha value is -4.85. The lowest BCUT2D eigenvalue weighted by molar-refractivity contribution is -0.139. The van der Waals surface area contributed by atoms with E-state index in [1.807, 2.05) is 24.3 Å². The van der Waals surface area contributed by atoms with E-state index in [4.69, 9.17) is 9.47 Å². The Labute approximate surface area is 212 Å². The number of hydrogen-bond acceptors (Lipinski definition) is 8. The van der Waals surface area contributed by atoms with Crippen molar-refractivity contribution in [3.63, 3.8) is 0 Å². The highest BCUT2D eigenvalue weighted by molar-refractivity contribution is 6.03. The van der Waals surface area contributed by atoms with E-state index >= 15 is 0 Å². The minimum atomic E-state index is -1.33. The highest BCUT2D eigenvalue weighted by atomic mass is 16.6. The van der Waals surface area contributed by atoms with Crippen molar-refractivity contribution >= 4 is 28.7 Å². The van der Waals surface area contributed by atoms with E-state index in [-0.39, 0.29) is 29.4 Å². The lowest BCUT2D eigenvalue weighted by Crippen LogP contribution is -2.45. The predicted molar refractivity (Wildman–Crippen MR) is 132 cm³/mol. The third kappa shape index (κ3) is 7.08. The Balaban J connectivity index is 1.74. The fourth-order valence-electron chi connectivity index (χ4n) is 3.33. The van der Waals surface area contributed by atoms with Gasteiger partial charge in [0.15, 0.2) is 11.4 Å². The van der Waals surface area contributed by atoms with Gasteiger partial charge in [-0.05, 0) is 57.5 Å². The lowest BCUT2D eigenvalue weighted by atomic mass is 10.1. The molecule has 11 heteroatoms. The van der Waals surface area contributed by atoms with Crippen LogP contribution in [0.15, 0.2) is 48.5 Å². The van der Waals surface area contributed by atoms with Gasteiger partial charge in [0.25, 0.3) is 5.91 Å². The number of pyridine rings is 1. The second-order valence-corrected chi connectivity index (χ2v) is 8.97. The maximum atomic E-state index is 12.7. The number of carboxylic acids is 1. The number of amides is 2. The van der Waals surface area contributed by atoms with Crippen LogP contribution < -0.4 is 15.4 Å². The number of aromatic nitrogens is 1. The number of aliphatic carboxylic acids is 1. The number of aromatic hydroxyl groups is 1. The molecule has 0 spiro atoms. The number of para-hydroxylation sites is 1. The van der Waals surface area contributed by atoms with Crippen LogP contribution in [0, 0.1) is 11.3 Å². The van der Waals surface area contributed by atoms with Crippen molar-refractivity contribution in [3.05, 3.63) is 59.9 Å². The number of alkyl carbamates (subject to hydrolysis) is 1. The van der Waals surface area contributed by atoms with Gasteiger partial charge >= 0.3 is 12.1 Å². The summed E-state index contributed by atoms with van der Waals surface area (Å²) in [5.41, 5.74) is -1.31. The van der Waals surface area contributed by atoms with Crippen LogP contribution in [-0.4, -0.2) is 51.4 Å². The van der Waals surface area contributed by atoms with Gasteiger partial charge in [0.2, 0.25) is 0 Å². The van der Waals surface area contributed by atoms with Crippen LogP contribution in [0.4, 0.5) is 4.79 Å². The first-order chi connectivity index (χ1) is 17.5. The average Bonchev–Trinajstić information content (AvgIpc) is 2.83. The van der Waals surface area contributed by atoms with Gasteiger partial charge in [0.05, 0.1) is 0 Å². The highest BCUT2D eigenvalue weighted by Gasteiger charge is 2.25. The molecule has 0 saturated carbocycles. The molecule has 1 atom stereocenters. The van der Waals surface area contributed by atoms with Gasteiger partial charge in [-0.3, -0.25) is 4.79 Å². The van der Waals surface area contributed by atoms with Gasteiger partial charge in [-0.15, -0.1) is 0 Å². The van der Waals surface area contributed by atoms with Crippen LogP contribution in [-0.2, 0) is 9.53 Å². The molecule has 0 aliphatic carbocycles. The number of carbonyl (C=O) groups excluding carboxylic acids is 2. The van der Waals surface area contributed by atoms with Crippen LogP contribution in [0.25, 0.3) is 10.8 Å². The van der Waals surface area contributed by atoms with Crippen molar-refractivity contribution in [2.75, 3.05) is 6.54 Å². The second-order valence-electron chi connectivity index (χ2n) is 8.97. The molecular formula is C26H26N4O7. The minimum absolute atomic E-state index is 0.105. The smallest absolute Gasteiger partial charge is 0.408 e. The second kappa shape index (κ2) is 11.3. The fourth-order valence-corrected chi connectivity index (χ4v) is 3.33. The summed E-state index contributed by atoms with van der Waals surface area (Å²) in [5.74, 6) is -1.59. The molecule has 1 aromatic heterocycles. The number of nitriles is 1. The molecule has 0 unspecified atom stereocenters. The van der Waals surface area contributed by atoms with Gasteiger partial charge in [-0.1, -0.05) is 18.2 Å². The first-order valence-electron chi connectivity index (χ1n) is 11.3. The Morgan fingerprint density at radius 3 is 2.41 bits per heavy atom. The first kappa shape index (κ1) is 26.7. The van der Waals surface area contributed by atoms with Crippen molar-refractivity contribution in [2.45, 2.75) is 38.8 Å². The van der Waals surface area contributed by atoms with Crippen molar-refractivity contribution in [1.29, 1.82) is 5.26 Å². The summed E-state index contributed by atoms with van der Waals surface area (Å²) >= 11 is 0. The first-order valence-corrected chi connectivity index (χ1v) is 11.3. The molecule has 192 valence electrons. The number of rotatable bonds is 8. The summed E-state index contributed by atoms with van der Waals surface area (Å²) in [7, 11) is 0. The summed E-state index contributed by atoms with van der Waals surface area (Å²) in [6.07, 6.45) is -1.07. The molecule has 0 aliphatic rings. The van der Waals surface area contributed by atoms with Gasteiger partial charge in [0.1, 0.15) is 34.9 Å². The topological polar surface area (TPSA) is 171 Å². The van der Waals surface area contributed by atoms with E-state index in [1.54, 1.807) is 39.0 Å². The van der Waals surface area contributed by atoms with Crippen LogP contribution in [0.1, 0.15) is 43.4 Å². The van der Waals surface area contributed by atoms with E-state index in [0.29, 0.717) is 11.5 Å². The average molecular weight is 507 g/mol. The van der Waals surface area contributed by atoms with Crippen molar-refractivity contribution in [1.82, 2.24) is 15.6 Å². The van der Waals surface area contributed by atoms with Crippen LogP contribution in [0.3, 0.4) is 0 Å². The summed E-state index contributed by atoms with van der Waals surface area (Å²) in [4.78, 5) is 40.1. The number of benzene rings is 2. The maximum absolute atomic E-state index is 12.7. The molecule has 2 amide bonds. The number of nitrogens with zero attached hydrogens (tertiary/aromatic N) is 2. The zero-order valence-electron chi connectivity index (χ0n) is 20.4. The standard InChI is InChI=1S/C26H26N4O7/c1-26(2,3)37-25(35)30-19(24(33)34)11-12-28-23(32)21-22(31)17-10-9-16(13-18(17)20(14-27)29-21)36-15-7-5-4-6-8-15/h4-10,13,19,31H,11-12H2,1-3H3,(H,28,32)(H,30,35)(H,33,34)/t19-/m0/s1. The van der Waals surface area contributed by atoms with E-state index in [2.05, 4.69) is 15.6 Å². The van der Waals surface area contributed by atoms with Crippen molar-refractivity contribution in [2.24, 2.45) is 0 Å². The van der Waals surface area contributed by atoms with Crippen LogP contribution >= 0.6 is 0 Å². The number of hydrogen-bond donors (Lipinski definition) is 4. The minimum Gasteiger partial charge on any atom is -0.505 e. The van der Waals surface area contributed by atoms with Gasteiger partial charge in [-0.2, -0.15) is 5.26 Å². The molecule has 4 N–H and O–H groups in total. The molecule has 0 fully saturated rings. The number of nitrogens with one attached hydrogen (secondary N) is 2. The summed E-state index contributed by atoms with van der Waals surface area (Å²) in [6, 6.07) is 14.2. The number of carbonyl (C=O) groups is 3. The van der Waals surface area contributed by atoms with Crippen LogP contribution in [0.2, 0.25) is 0 Å². The number of ether oxygens (including phenoxy) is 2. The Bertz CT molecular complexity index is 1360. The SMILES string of the molecule is CC(C)(C)OC(=O)N[C@@H](CCNC(=O)c1nc(C#N)c2cc(Oc3ccccc3)ccc2c1O)C(=O)O. The molecule has 0 saturated heterocycles. The van der Waals surface area contributed by atoms with Crippen LogP contribution in [0.5, 0.6) is 17.2 Å². The number of carboxylic acid groups (broad SMARTS) is 1. The third-order valence-corrected chi connectivity index (χ3v) is 4.96. The van der Waals surface area contributed by atoms with Crippen molar-refractivity contribution in [3.8, 4) is 23.3 Å². The zero-order valence-corrected chi connectivity index (χ0v) is 20.4. The Morgan fingerprint density at radius 2 is 1.78 bits per heavy atom. The Kier molecular flexibility index (Phi) is 8.14. The van der Waals surface area contributed by atoms with Crippen molar-refractivity contribution < 1.29 is 34.1 Å². The number of fused-ring (bicyclic) bond motifs is 1. The quantitative estimate of drug-likeness (QED) is 0.355. The monoisotopic (exact) mass is 506 g/mol. The predicted octanol–water partition coefficient (Wildman–Crippen LogP) is 3.70.